The van der Waals surface area contributed by atoms with Crippen LogP contribution in [0.2, 0.25) is 0 Å². The molecule has 0 spiro atoms. The van der Waals surface area contributed by atoms with E-state index in [1.807, 2.05) is 88.4 Å². The van der Waals surface area contributed by atoms with E-state index in [0.29, 0.717) is 5.56 Å². The summed E-state index contributed by atoms with van der Waals surface area (Å²) in [4.78, 5) is 30.1. The lowest BCUT2D eigenvalue weighted by Gasteiger charge is -2.36. The molecule has 236 valence electrons. The number of carbonyl (C=O) groups is 2. The average molecular weight is 611 g/mol. The van der Waals surface area contributed by atoms with Crippen molar-refractivity contribution >= 4 is 11.9 Å². The highest BCUT2D eigenvalue weighted by Crippen LogP contribution is 2.49. The number of alkyl halides is 3. The molecule has 9 heteroatoms. The molecule has 4 rings (SSSR count). The standard InChI is InChI=1S/C35H41F3N2O4/c1-7-44-33(42)31-28(34(3,4)5)29(39-21-25-18-19-26(35(36,37)38)20-27(25)43-6)30(24-16-12-9-13-17-24)40(31)32(41)22(2)23-14-10-8-11-15-23/h8-20,22,28-31,39H,7,21H2,1-6H3/t22-,28?,29?,30?,31?/m0/s1. The largest absolute Gasteiger partial charge is 0.496 e. The number of nitrogens with zero attached hydrogens (tertiary/aromatic N) is 1. The van der Waals surface area contributed by atoms with Crippen molar-refractivity contribution in [1.82, 2.24) is 10.2 Å². The monoisotopic (exact) mass is 610 g/mol. The van der Waals surface area contributed by atoms with Crippen LogP contribution < -0.4 is 10.1 Å². The van der Waals surface area contributed by atoms with E-state index in [1.165, 1.54) is 13.2 Å². The summed E-state index contributed by atoms with van der Waals surface area (Å²) in [6.07, 6.45) is -4.51. The van der Waals surface area contributed by atoms with Crippen LogP contribution in [0.4, 0.5) is 13.2 Å². The first-order valence-electron chi connectivity index (χ1n) is 14.9. The summed E-state index contributed by atoms with van der Waals surface area (Å²) in [6, 6.07) is 20.4. The molecule has 0 radical (unpaired) electrons. The van der Waals surface area contributed by atoms with Crippen molar-refractivity contribution in [3.05, 3.63) is 101 Å². The fourth-order valence-electron chi connectivity index (χ4n) is 6.35. The molecule has 1 aliphatic heterocycles. The van der Waals surface area contributed by atoms with Crippen LogP contribution in [0.25, 0.3) is 0 Å². The second kappa shape index (κ2) is 13.4. The lowest BCUT2D eigenvalue weighted by atomic mass is 9.72. The highest BCUT2D eigenvalue weighted by molar-refractivity contribution is 5.90. The van der Waals surface area contributed by atoms with Gasteiger partial charge < -0.3 is 19.7 Å². The van der Waals surface area contributed by atoms with Crippen LogP contribution in [-0.2, 0) is 27.0 Å². The number of carbonyl (C=O) groups excluding carboxylic acids is 2. The Kier molecular flexibility index (Phi) is 10.1. The Morgan fingerprint density at radius 3 is 2.11 bits per heavy atom. The van der Waals surface area contributed by atoms with Gasteiger partial charge in [-0.3, -0.25) is 4.79 Å². The van der Waals surface area contributed by atoms with Crippen LogP contribution in [0.15, 0.2) is 78.9 Å². The minimum atomic E-state index is -4.51. The van der Waals surface area contributed by atoms with E-state index in [4.69, 9.17) is 9.47 Å². The van der Waals surface area contributed by atoms with Gasteiger partial charge in [0.1, 0.15) is 11.8 Å². The quantitative estimate of drug-likeness (QED) is 0.261. The first kappa shape index (κ1) is 33.1. The maximum atomic E-state index is 14.5. The molecule has 1 fully saturated rings. The van der Waals surface area contributed by atoms with E-state index >= 15 is 0 Å². The predicted octanol–water partition coefficient (Wildman–Crippen LogP) is 7.15. The maximum Gasteiger partial charge on any atom is 0.416 e. The number of hydrogen-bond acceptors (Lipinski definition) is 5. The number of halogens is 3. The molecule has 6 nitrogen and oxygen atoms in total. The van der Waals surface area contributed by atoms with Gasteiger partial charge >= 0.3 is 12.1 Å². The number of benzene rings is 3. The van der Waals surface area contributed by atoms with Crippen molar-refractivity contribution in [3.8, 4) is 5.75 Å². The zero-order valence-corrected chi connectivity index (χ0v) is 26.0. The summed E-state index contributed by atoms with van der Waals surface area (Å²) in [5.74, 6) is -1.57. The molecule has 0 aromatic heterocycles. The fourth-order valence-corrected chi connectivity index (χ4v) is 6.35. The van der Waals surface area contributed by atoms with Crippen molar-refractivity contribution < 1.29 is 32.2 Å². The molecule has 5 atom stereocenters. The molecule has 1 saturated heterocycles. The Bertz CT molecular complexity index is 1420. The molecule has 3 aromatic carbocycles. The number of amides is 1. The number of ether oxygens (including phenoxy) is 2. The van der Waals surface area contributed by atoms with Crippen molar-refractivity contribution in [1.29, 1.82) is 0 Å². The summed E-state index contributed by atoms with van der Waals surface area (Å²) >= 11 is 0. The summed E-state index contributed by atoms with van der Waals surface area (Å²) in [5, 5.41) is 3.56. The van der Waals surface area contributed by atoms with Gasteiger partial charge in [-0.25, -0.2) is 4.79 Å². The third kappa shape index (κ3) is 6.93. The van der Waals surface area contributed by atoms with E-state index in [1.54, 1.807) is 11.8 Å². The van der Waals surface area contributed by atoms with Crippen molar-refractivity contribution in [2.24, 2.45) is 11.3 Å². The van der Waals surface area contributed by atoms with Gasteiger partial charge in [0.25, 0.3) is 0 Å². The number of hydrogen-bond donors (Lipinski definition) is 1. The van der Waals surface area contributed by atoms with Gasteiger partial charge in [-0.2, -0.15) is 13.2 Å². The Hall–Kier alpha value is -3.85. The smallest absolute Gasteiger partial charge is 0.416 e. The van der Waals surface area contributed by atoms with Crippen LogP contribution in [0.1, 0.15) is 68.8 Å². The molecule has 1 N–H and O–H groups in total. The topological polar surface area (TPSA) is 67.9 Å². The lowest BCUT2D eigenvalue weighted by Crippen LogP contribution is -2.49. The van der Waals surface area contributed by atoms with E-state index in [0.717, 1.165) is 23.3 Å². The molecule has 1 heterocycles. The first-order valence-corrected chi connectivity index (χ1v) is 14.9. The number of esters is 1. The first-order chi connectivity index (χ1) is 20.8. The third-order valence-corrected chi connectivity index (χ3v) is 8.40. The minimum absolute atomic E-state index is 0.0986. The third-order valence-electron chi connectivity index (χ3n) is 8.40. The second-order valence-electron chi connectivity index (χ2n) is 12.3. The number of rotatable bonds is 9. The van der Waals surface area contributed by atoms with Crippen LogP contribution >= 0.6 is 0 Å². The van der Waals surface area contributed by atoms with Gasteiger partial charge in [0.05, 0.1) is 31.2 Å². The van der Waals surface area contributed by atoms with Crippen LogP contribution in [0.5, 0.6) is 5.75 Å². The average Bonchev–Trinajstić information content (AvgIpc) is 3.35. The van der Waals surface area contributed by atoms with Crippen molar-refractivity contribution in [2.75, 3.05) is 13.7 Å². The van der Waals surface area contributed by atoms with Crippen LogP contribution in [0, 0.1) is 11.3 Å². The van der Waals surface area contributed by atoms with Gasteiger partial charge in [0.2, 0.25) is 5.91 Å². The Labute approximate surface area is 257 Å². The molecule has 0 saturated carbocycles. The SMILES string of the molecule is CCOC(=O)C1C(C(C)(C)C)C(NCc2ccc(C(F)(F)F)cc2OC)C(c2ccccc2)N1C(=O)[C@@H](C)c1ccccc1. The van der Waals surface area contributed by atoms with Gasteiger partial charge in [0, 0.05) is 24.1 Å². The van der Waals surface area contributed by atoms with Gasteiger partial charge in [-0.15, -0.1) is 0 Å². The van der Waals surface area contributed by atoms with Gasteiger partial charge in [-0.05, 0) is 42.5 Å². The molecular formula is C35H41F3N2O4. The number of likely N-dealkylation sites (tertiary alicyclic amines) is 1. The summed E-state index contributed by atoms with van der Waals surface area (Å²) < 4.78 is 51.2. The normalized spacial score (nSPS) is 21.2. The highest BCUT2D eigenvalue weighted by Gasteiger charge is 2.58. The molecule has 1 amide bonds. The van der Waals surface area contributed by atoms with E-state index in [2.05, 4.69) is 5.32 Å². The Morgan fingerprint density at radius 2 is 1.57 bits per heavy atom. The predicted molar refractivity (Wildman–Crippen MR) is 163 cm³/mol. The minimum Gasteiger partial charge on any atom is -0.496 e. The fraction of sp³-hybridized carbons (Fsp3) is 0.429. The number of nitrogens with one attached hydrogen (secondary N) is 1. The number of methoxy groups -OCH3 is 1. The van der Waals surface area contributed by atoms with Gasteiger partial charge in [-0.1, -0.05) is 87.5 Å². The zero-order chi connectivity index (χ0) is 32.2. The molecule has 3 aromatic rings. The van der Waals surface area contributed by atoms with Crippen LogP contribution in [-0.4, -0.2) is 42.6 Å². The highest BCUT2D eigenvalue weighted by atomic mass is 19.4. The van der Waals surface area contributed by atoms with Crippen molar-refractivity contribution in [2.45, 2.75) is 71.4 Å². The lowest BCUT2D eigenvalue weighted by molar-refractivity contribution is -0.157. The molecule has 0 bridgehead atoms. The molecular weight excluding hydrogens is 569 g/mol. The zero-order valence-electron chi connectivity index (χ0n) is 26.0. The maximum absolute atomic E-state index is 14.5. The van der Waals surface area contributed by atoms with E-state index in [-0.39, 0.29) is 24.8 Å². The Morgan fingerprint density at radius 1 is 0.955 bits per heavy atom. The Balaban J connectivity index is 1.85. The van der Waals surface area contributed by atoms with E-state index < -0.39 is 53.1 Å². The summed E-state index contributed by atoms with van der Waals surface area (Å²) in [5.41, 5.74) is 0.888. The van der Waals surface area contributed by atoms with Crippen LogP contribution in [0.3, 0.4) is 0 Å². The molecule has 4 unspecified atom stereocenters. The second-order valence-corrected chi connectivity index (χ2v) is 12.3. The van der Waals surface area contributed by atoms with E-state index in [9.17, 15) is 22.8 Å². The molecule has 44 heavy (non-hydrogen) atoms. The van der Waals surface area contributed by atoms with Crippen molar-refractivity contribution in [3.63, 3.8) is 0 Å². The van der Waals surface area contributed by atoms with Gasteiger partial charge in [0.15, 0.2) is 0 Å². The summed E-state index contributed by atoms with van der Waals surface area (Å²) in [6.45, 7) is 9.93. The summed E-state index contributed by atoms with van der Waals surface area (Å²) in [7, 11) is 1.33. The molecule has 0 aliphatic carbocycles. The molecule has 1 aliphatic rings.